The van der Waals surface area contributed by atoms with E-state index in [-0.39, 0.29) is 4.90 Å². The van der Waals surface area contributed by atoms with Crippen LogP contribution < -0.4 is 20.1 Å². The van der Waals surface area contributed by atoms with Crippen LogP contribution in [-0.4, -0.2) is 26.7 Å². The molecule has 0 amide bonds. The summed E-state index contributed by atoms with van der Waals surface area (Å²) in [7, 11) is -3.45. The van der Waals surface area contributed by atoms with Crippen LogP contribution in [0.25, 0.3) is 0 Å². The van der Waals surface area contributed by atoms with Gasteiger partial charge < -0.3 is 15.4 Å². The van der Waals surface area contributed by atoms with Gasteiger partial charge in [-0.05, 0) is 67.7 Å². The van der Waals surface area contributed by atoms with Gasteiger partial charge in [0, 0.05) is 17.9 Å². The van der Waals surface area contributed by atoms with E-state index in [4.69, 9.17) is 17.0 Å². The zero-order chi connectivity index (χ0) is 18.3. The molecule has 0 bridgehead atoms. The number of nitrogens with one attached hydrogen (secondary N) is 3. The van der Waals surface area contributed by atoms with Gasteiger partial charge >= 0.3 is 0 Å². The van der Waals surface area contributed by atoms with Gasteiger partial charge in [0.05, 0.1) is 11.5 Å². The number of hydrogen-bond acceptors (Lipinski definition) is 4. The predicted molar refractivity (Wildman–Crippen MR) is 105 cm³/mol. The van der Waals surface area contributed by atoms with Gasteiger partial charge in [0.15, 0.2) is 5.11 Å². The first-order valence-corrected chi connectivity index (χ1v) is 9.74. The van der Waals surface area contributed by atoms with Crippen LogP contribution in [0.15, 0.2) is 53.4 Å². The molecule has 0 aliphatic carbocycles. The van der Waals surface area contributed by atoms with Crippen LogP contribution in [0.1, 0.15) is 13.8 Å². The first-order chi connectivity index (χ1) is 11.9. The topological polar surface area (TPSA) is 79.5 Å². The molecule has 134 valence electrons. The van der Waals surface area contributed by atoms with E-state index >= 15 is 0 Å². The molecule has 0 aliphatic rings. The molecule has 0 aromatic heterocycles. The van der Waals surface area contributed by atoms with Crippen molar-refractivity contribution in [2.24, 2.45) is 0 Å². The Kier molecular flexibility index (Phi) is 6.74. The van der Waals surface area contributed by atoms with E-state index < -0.39 is 10.0 Å². The van der Waals surface area contributed by atoms with Gasteiger partial charge in [0.25, 0.3) is 0 Å². The molecule has 2 aromatic rings. The minimum absolute atomic E-state index is 0.213. The smallest absolute Gasteiger partial charge is 0.240 e. The van der Waals surface area contributed by atoms with Crippen LogP contribution in [-0.2, 0) is 10.0 Å². The lowest BCUT2D eigenvalue weighted by atomic mass is 10.3. The van der Waals surface area contributed by atoms with Gasteiger partial charge in [-0.25, -0.2) is 13.1 Å². The van der Waals surface area contributed by atoms with E-state index in [9.17, 15) is 8.42 Å². The fourth-order valence-corrected chi connectivity index (χ4v) is 3.36. The second-order valence-electron chi connectivity index (χ2n) is 5.06. The molecule has 2 rings (SSSR count). The highest BCUT2D eigenvalue weighted by Gasteiger charge is 2.12. The zero-order valence-electron chi connectivity index (χ0n) is 14.1. The second kappa shape index (κ2) is 8.80. The van der Waals surface area contributed by atoms with Crippen molar-refractivity contribution in [2.45, 2.75) is 18.7 Å². The lowest BCUT2D eigenvalue weighted by Gasteiger charge is -2.12. The van der Waals surface area contributed by atoms with Crippen molar-refractivity contribution in [1.82, 2.24) is 4.72 Å². The quantitative estimate of drug-likeness (QED) is 0.641. The fraction of sp³-hybridized carbons (Fsp3) is 0.235. The standard InChI is InChI=1S/C17H21N3O3S2/c1-3-18-25(21,22)16-11-7-14(8-12-16)20-17(24)19-13-5-9-15(10-6-13)23-4-2/h5-12,18H,3-4H2,1-2H3,(H2,19,20,24). The van der Waals surface area contributed by atoms with E-state index in [0.717, 1.165) is 11.4 Å². The summed E-state index contributed by atoms with van der Waals surface area (Å²) >= 11 is 5.27. The third-order valence-electron chi connectivity index (χ3n) is 3.18. The van der Waals surface area contributed by atoms with Crippen LogP contribution in [0.5, 0.6) is 5.75 Å². The summed E-state index contributed by atoms with van der Waals surface area (Å²) < 4.78 is 31.6. The van der Waals surface area contributed by atoms with Crippen molar-refractivity contribution in [2.75, 3.05) is 23.8 Å². The van der Waals surface area contributed by atoms with Crippen LogP contribution in [0.3, 0.4) is 0 Å². The third kappa shape index (κ3) is 5.70. The minimum Gasteiger partial charge on any atom is -0.494 e. The van der Waals surface area contributed by atoms with Gasteiger partial charge in [-0.3, -0.25) is 0 Å². The molecule has 0 spiro atoms. The first-order valence-electron chi connectivity index (χ1n) is 7.85. The molecule has 6 nitrogen and oxygen atoms in total. The average Bonchev–Trinajstić information content (AvgIpc) is 2.57. The van der Waals surface area contributed by atoms with Crippen LogP contribution in [0.4, 0.5) is 11.4 Å². The molecule has 0 saturated carbocycles. The van der Waals surface area contributed by atoms with Crippen molar-refractivity contribution in [3.05, 3.63) is 48.5 Å². The maximum Gasteiger partial charge on any atom is 0.240 e. The third-order valence-corrected chi connectivity index (χ3v) is 4.95. The molecule has 0 fully saturated rings. The van der Waals surface area contributed by atoms with Gasteiger partial charge in [-0.15, -0.1) is 0 Å². The van der Waals surface area contributed by atoms with Crippen molar-refractivity contribution < 1.29 is 13.2 Å². The van der Waals surface area contributed by atoms with Crippen LogP contribution in [0, 0.1) is 0 Å². The summed E-state index contributed by atoms with van der Waals surface area (Å²) in [5.74, 6) is 0.796. The number of benzene rings is 2. The molecule has 0 aliphatic heterocycles. The molecule has 0 saturated heterocycles. The Morgan fingerprint density at radius 3 is 1.96 bits per heavy atom. The fourth-order valence-electron chi connectivity index (χ4n) is 2.09. The van der Waals surface area contributed by atoms with Gasteiger partial charge in [-0.2, -0.15) is 0 Å². The summed E-state index contributed by atoms with van der Waals surface area (Å²) in [5, 5.41) is 6.48. The number of rotatable bonds is 7. The highest BCUT2D eigenvalue weighted by atomic mass is 32.2. The molecular weight excluding hydrogens is 358 g/mol. The van der Waals surface area contributed by atoms with Gasteiger partial charge in [0.1, 0.15) is 5.75 Å². The number of hydrogen-bond donors (Lipinski definition) is 3. The molecule has 25 heavy (non-hydrogen) atoms. The number of sulfonamides is 1. The largest absolute Gasteiger partial charge is 0.494 e. The highest BCUT2D eigenvalue weighted by Crippen LogP contribution is 2.17. The zero-order valence-corrected chi connectivity index (χ0v) is 15.7. The monoisotopic (exact) mass is 379 g/mol. The second-order valence-corrected chi connectivity index (χ2v) is 7.24. The lowest BCUT2D eigenvalue weighted by Crippen LogP contribution is -2.23. The van der Waals surface area contributed by atoms with Crippen LogP contribution >= 0.6 is 12.2 Å². The molecule has 2 aromatic carbocycles. The van der Waals surface area contributed by atoms with Gasteiger partial charge in [0.2, 0.25) is 10.0 Å². The summed E-state index contributed by atoms with van der Waals surface area (Å²) in [5.41, 5.74) is 1.52. The normalized spacial score (nSPS) is 11.0. The van der Waals surface area contributed by atoms with Crippen LogP contribution in [0.2, 0.25) is 0 Å². The lowest BCUT2D eigenvalue weighted by molar-refractivity contribution is 0.340. The SMILES string of the molecule is CCNS(=O)(=O)c1ccc(NC(=S)Nc2ccc(OCC)cc2)cc1. The maximum atomic E-state index is 11.9. The van der Waals surface area contributed by atoms with E-state index in [2.05, 4.69) is 15.4 Å². The number of anilines is 2. The average molecular weight is 380 g/mol. The first kappa shape index (κ1) is 19.2. The molecule has 0 unspecified atom stereocenters. The van der Waals surface area contributed by atoms with E-state index in [1.807, 2.05) is 31.2 Å². The van der Waals surface area contributed by atoms with E-state index in [1.165, 1.54) is 12.1 Å². The van der Waals surface area contributed by atoms with Crippen molar-refractivity contribution in [3.63, 3.8) is 0 Å². The highest BCUT2D eigenvalue weighted by molar-refractivity contribution is 7.89. The Labute approximate surface area is 153 Å². The Hall–Kier alpha value is -2.16. The Bertz CT molecular complexity index is 804. The van der Waals surface area contributed by atoms with E-state index in [0.29, 0.717) is 24.0 Å². The predicted octanol–water partition coefficient (Wildman–Crippen LogP) is 3.19. The molecule has 0 heterocycles. The molecule has 3 N–H and O–H groups in total. The summed E-state index contributed by atoms with van der Waals surface area (Å²) in [4.78, 5) is 0.213. The Morgan fingerprint density at radius 2 is 1.48 bits per heavy atom. The Balaban J connectivity index is 1.96. The molecular formula is C17H21N3O3S2. The maximum absolute atomic E-state index is 11.9. The molecule has 0 atom stereocenters. The van der Waals surface area contributed by atoms with Gasteiger partial charge in [-0.1, -0.05) is 6.92 Å². The summed E-state index contributed by atoms with van der Waals surface area (Å²) in [6.07, 6.45) is 0. The molecule has 8 heteroatoms. The summed E-state index contributed by atoms with van der Waals surface area (Å²) in [6.45, 7) is 4.63. The minimum atomic E-state index is -3.45. The molecule has 0 radical (unpaired) electrons. The van der Waals surface area contributed by atoms with Crippen molar-refractivity contribution >= 4 is 38.7 Å². The van der Waals surface area contributed by atoms with E-state index in [1.54, 1.807) is 19.1 Å². The Morgan fingerprint density at radius 1 is 0.960 bits per heavy atom. The van der Waals surface area contributed by atoms with Crippen molar-refractivity contribution in [1.29, 1.82) is 0 Å². The number of thiocarbonyl (C=S) groups is 1. The summed E-state index contributed by atoms with van der Waals surface area (Å²) in [6, 6.07) is 13.8. The van der Waals surface area contributed by atoms with Crippen molar-refractivity contribution in [3.8, 4) is 5.75 Å². The number of ether oxygens (including phenoxy) is 1.